The number of amides is 2. The molecule has 154 valence electrons. The molecule has 0 N–H and O–H groups in total. The van der Waals surface area contributed by atoms with Crippen molar-refractivity contribution >= 4 is 29.3 Å². The Kier molecular flexibility index (Phi) is 4.68. The predicted molar refractivity (Wildman–Crippen MR) is 109 cm³/mol. The first-order chi connectivity index (χ1) is 14.3. The molecular weight excluding hydrogens is 384 g/mol. The second-order valence-corrected chi connectivity index (χ2v) is 7.73. The number of ketones is 1. The van der Waals surface area contributed by atoms with Crippen molar-refractivity contribution in [3.63, 3.8) is 0 Å². The van der Waals surface area contributed by atoms with Crippen molar-refractivity contribution in [3.8, 4) is 0 Å². The summed E-state index contributed by atoms with van der Waals surface area (Å²) < 4.78 is 5.38. The lowest BCUT2D eigenvalue weighted by Gasteiger charge is -2.46. The molecule has 0 radical (unpaired) electrons. The van der Waals surface area contributed by atoms with Crippen LogP contribution in [0.1, 0.15) is 44.7 Å². The second kappa shape index (κ2) is 7.09. The van der Waals surface area contributed by atoms with Crippen LogP contribution in [-0.2, 0) is 14.3 Å². The molecule has 0 spiro atoms. The highest BCUT2D eigenvalue weighted by Gasteiger charge is 2.60. The Morgan fingerprint density at radius 2 is 1.80 bits per heavy atom. The van der Waals surface area contributed by atoms with Crippen LogP contribution in [0.2, 0.25) is 0 Å². The molecule has 2 aromatic rings. The minimum Gasteiger partial charge on any atom is -0.454 e. The Bertz CT molecular complexity index is 1090. The van der Waals surface area contributed by atoms with Gasteiger partial charge in [-0.1, -0.05) is 24.3 Å². The minimum absolute atomic E-state index is 0.103. The lowest BCUT2D eigenvalue weighted by Crippen LogP contribution is -2.67. The van der Waals surface area contributed by atoms with Crippen molar-refractivity contribution in [2.24, 2.45) is 0 Å². The Labute approximate surface area is 174 Å². The van der Waals surface area contributed by atoms with Crippen LogP contribution in [-0.4, -0.2) is 47.8 Å². The number of benzene rings is 2. The van der Waals surface area contributed by atoms with Crippen LogP contribution >= 0.6 is 0 Å². The van der Waals surface area contributed by atoms with Crippen LogP contribution in [0.3, 0.4) is 0 Å². The molecular formula is C23H22N2O5. The lowest BCUT2D eigenvalue weighted by atomic mass is 9.97. The molecule has 4 rings (SSSR count). The van der Waals surface area contributed by atoms with Gasteiger partial charge in [-0.25, -0.2) is 4.79 Å². The predicted octanol–water partition coefficient (Wildman–Crippen LogP) is 2.64. The van der Waals surface area contributed by atoms with Gasteiger partial charge < -0.3 is 9.64 Å². The fourth-order valence-corrected chi connectivity index (χ4v) is 4.14. The zero-order chi connectivity index (χ0) is 21.6. The number of hydrogen-bond acceptors (Lipinski definition) is 5. The number of anilines is 1. The number of aryl methyl sites for hydroxylation is 2. The maximum Gasteiger partial charge on any atom is 0.354 e. The number of Topliss-reactive ketones (excluding diaryl/α,β-unsaturated/α-hetero) is 1. The topological polar surface area (TPSA) is 84.0 Å². The molecule has 7 nitrogen and oxygen atoms in total. The van der Waals surface area contributed by atoms with Gasteiger partial charge in [0, 0.05) is 25.5 Å². The molecule has 1 saturated heterocycles. The Morgan fingerprint density at radius 3 is 2.53 bits per heavy atom. The number of carbonyl (C=O) groups is 4. The number of rotatable bonds is 4. The largest absolute Gasteiger partial charge is 0.454 e. The quantitative estimate of drug-likeness (QED) is 0.576. The molecule has 30 heavy (non-hydrogen) atoms. The van der Waals surface area contributed by atoms with Crippen LogP contribution in [0.5, 0.6) is 0 Å². The average Bonchev–Trinajstić information content (AvgIpc) is 3.10. The normalized spacial score (nSPS) is 20.1. The number of hydrogen-bond donors (Lipinski definition) is 0. The van der Waals surface area contributed by atoms with E-state index in [4.69, 9.17) is 4.74 Å². The summed E-state index contributed by atoms with van der Waals surface area (Å²) in [6.45, 7) is 3.39. The van der Waals surface area contributed by atoms with E-state index in [9.17, 15) is 19.2 Å². The average molecular weight is 406 g/mol. The van der Waals surface area contributed by atoms with E-state index in [2.05, 4.69) is 0 Å². The third kappa shape index (κ3) is 2.81. The monoisotopic (exact) mass is 406 g/mol. The van der Waals surface area contributed by atoms with Crippen molar-refractivity contribution in [1.82, 2.24) is 4.90 Å². The number of para-hydroxylation sites is 1. The van der Waals surface area contributed by atoms with Crippen LogP contribution in [0, 0.1) is 13.8 Å². The SMILES string of the molecule is Cc1ccc(C(=O)COC(=O)C23CCC(=O)N2c2ccccc2C(=O)N3C)cc1C. The van der Waals surface area contributed by atoms with E-state index >= 15 is 0 Å². The molecule has 2 aromatic carbocycles. The molecule has 0 aliphatic carbocycles. The number of nitrogens with zero attached hydrogens (tertiary/aromatic N) is 2. The van der Waals surface area contributed by atoms with E-state index in [-0.39, 0.29) is 30.4 Å². The molecule has 7 heteroatoms. The Morgan fingerprint density at radius 1 is 1.07 bits per heavy atom. The molecule has 0 aromatic heterocycles. The molecule has 2 aliphatic rings. The highest BCUT2D eigenvalue weighted by atomic mass is 16.5. The standard InChI is InChI=1S/C23H22N2O5/c1-14-8-9-16(12-15(14)2)19(26)13-30-22(29)23-11-10-20(27)25(23)18-7-5-4-6-17(18)21(28)24(23)3/h4-9,12H,10-11,13H2,1-3H3. The molecule has 1 unspecified atom stereocenters. The number of ether oxygens (including phenoxy) is 1. The van der Waals surface area contributed by atoms with E-state index < -0.39 is 18.2 Å². The van der Waals surface area contributed by atoms with Crippen LogP contribution in [0.4, 0.5) is 5.69 Å². The van der Waals surface area contributed by atoms with Crippen LogP contribution in [0.15, 0.2) is 42.5 Å². The maximum absolute atomic E-state index is 13.2. The van der Waals surface area contributed by atoms with Crippen molar-refractivity contribution < 1.29 is 23.9 Å². The van der Waals surface area contributed by atoms with Crippen molar-refractivity contribution in [2.75, 3.05) is 18.6 Å². The first-order valence-corrected chi connectivity index (χ1v) is 9.75. The van der Waals surface area contributed by atoms with Crippen molar-refractivity contribution in [2.45, 2.75) is 32.4 Å². The smallest absolute Gasteiger partial charge is 0.354 e. The molecule has 2 aliphatic heterocycles. The minimum atomic E-state index is -1.58. The van der Waals surface area contributed by atoms with E-state index in [0.29, 0.717) is 16.8 Å². The lowest BCUT2D eigenvalue weighted by molar-refractivity contribution is -0.155. The molecule has 0 saturated carbocycles. The summed E-state index contributed by atoms with van der Waals surface area (Å²) in [5, 5.41) is 0. The summed E-state index contributed by atoms with van der Waals surface area (Å²) in [4.78, 5) is 53.9. The van der Waals surface area contributed by atoms with Gasteiger partial charge in [0.25, 0.3) is 5.91 Å². The summed E-state index contributed by atoms with van der Waals surface area (Å²) in [5.41, 5.74) is 1.63. The fourth-order valence-electron chi connectivity index (χ4n) is 4.14. The number of likely N-dealkylation sites (N-methyl/N-ethyl adjacent to an activating group) is 1. The number of esters is 1. The zero-order valence-electron chi connectivity index (χ0n) is 17.1. The second-order valence-electron chi connectivity index (χ2n) is 7.73. The van der Waals surface area contributed by atoms with E-state index in [1.807, 2.05) is 19.9 Å². The first-order valence-electron chi connectivity index (χ1n) is 9.75. The van der Waals surface area contributed by atoms with Gasteiger partial charge in [-0.05, 0) is 43.2 Å². The molecule has 2 heterocycles. The van der Waals surface area contributed by atoms with E-state index in [1.54, 1.807) is 36.4 Å². The van der Waals surface area contributed by atoms with Crippen molar-refractivity contribution in [1.29, 1.82) is 0 Å². The van der Waals surface area contributed by atoms with E-state index in [0.717, 1.165) is 11.1 Å². The summed E-state index contributed by atoms with van der Waals surface area (Å²) >= 11 is 0. The molecule has 1 fully saturated rings. The van der Waals surface area contributed by atoms with Gasteiger partial charge in [0.15, 0.2) is 12.4 Å². The highest BCUT2D eigenvalue weighted by molar-refractivity contribution is 6.15. The first kappa shape index (κ1) is 19.8. The zero-order valence-corrected chi connectivity index (χ0v) is 17.1. The summed E-state index contributed by atoms with van der Waals surface area (Å²) in [6, 6.07) is 12.0. The summed E-state index contributed by atoms with van der Waals surface area (Å²) in [5.74, 6) is -1.76. The third-order valence-electron chi connectivity index (χ3n) is 6.03. The number of carbonyl (C=O) groups excluding carboxylic acids is 4. The molecule has 2 amide bonds. The highest BCUT2D eigenvalue weighted by Crippen LogP contribution is 2.44. The Balaban J connectivity index is 1.62. The molecule has 1 atom stereocenters. The third-order valence-corrected chi connectivity index (χ3v) is 6.03. The van der Waals surface area contributed by atoms with Gasteiger partial charge in [-0.15, -0.1) is 0 Å². The van der Waals surface area contributed by atoms with Gasteiger partial charge in [0.2, 0.25) is 11.6 Å². The summed E-state index contributed by atoms with van der Waals surface area (Å²) in [6.07, 6.45) is 0.214. The Hall–Kier alpha value is -3.48. The van der Waals surface area contributed by atoms with Gasteiger partial charge >= 0.3 is 5.97 Å². The van der Waals surface area contributed by atoms with Gasteiger partial charge in [-0.2, -0.15) is 0 Å². The van der Waals surface area contributed by atoms with Crippen LogP contribution < -0.4 is 4.90 Å². The fraction of sp³-hybridized carbons (Fsp3) is 0.304. The summed E-state index contributed by atoms with van der Waals surface area (Å²) in [7, 11) is 1.48. The van der Waals surface area contributed by atoms with Gasteiger partial charge in [-0.3, -0.25) is 19.3 Å². The molecule has 0 bridgehead atoms. The maximum atomic E-state index is 13.2. The van der Waals surface area contributed by atoms with Gasteiger partial charge in [0.1, 0.15) is 0 Å². The van der Waals surface area contributed by atoms with Crippen molar-refractivity contribution in [3.05, 3.63) is 64.7 Å². The van der Waals surface area contributed by atoms with E-state index in [1.165, 1.54) is 16.8 Å². The number of fused-ring (bicyclic) bond motifs is 3. The van der Waals surface area contributed by atoms with Crippen LogP contribution in [0.25, 0.3) is 0 Å². The van der Waals surface area contributed by atoms with Gasteiger partial charge in [0.05, 0.1) is 11.3 Å².